The normalized spacial score (nSPS) is 18.5. The van der Waals surface area contributed by atoms with E-state index in [1.54, 1.807) is 13.1 Å². The highest BCUT2D eigenvalue weighted by atomic mass is 19.1. The molecule has 6 heteroatoms. The van der Waals surface area contributed by atoms with Crippen LogP contribution in [0.1, 0.15) is 24.0 Å². The molecule has 1 saturated heterocycles. The van der Waals surface area contributed by atoms with E-state index in [0.29, 0.717) is 18.7 Å². The largest absolute Gasteiger partial charge is 0.376 e. The first kappa shape index (κ1) is 17.7. The van der Waals surface area contributed by atoms with E-state index >= 15 is 0 Å². The highest BCUT2D eigenvalue weighted by Crippen LogP contribution is 2.12. The molecule has 1 unspecified atom stereocenters. The Morgan fingerprint density at radius 2 is 2.22 bits per heavy atom. The lowest BCUT2D eigenvalue weighted by Gasteiger charge is -2.16. The third kappa shape index (κ3) is 5.80. The highest BCUT2D eigenvalue weighted by Gasteiger charge is 2.15. The zero-order valence-corrected chi connectivity index (χ0v) is 14.2. The summed E-state index contributed by atoms with van der Waals surface area (Å²) in [5.41, 5.74) is 1.74. The lowest BCUT2D eigenvalue weighted by atomic mass is 10.1. The van der Waals surface area contributed by atoms with Crippen LogP contribution in [0.2, 0.25) is 0 Å². The average Bonchev–Trinajstić information content (AvgIpc) is 3.03. The monoisotopic (exact) mass is 322 g/mol. The molecule has 2 N–H and O–H groups in total. The van der Waals surface area contributed by atoms with Gasteiger partial charge in [0.25, 0.3) is 0 Å². The molecule has 1 atom stereocenters. The van der Waals surface area contributed by atoms with E-state index < -0.39 is 0 Å². The number of guanidine groups is 1. The van der Waals surface area contributed by atoms with E-state index in [9.17, 15) is 4.39 Å². The van der Waals surface area contributed by atoms with Gasteiger partial charge < -0.3 is 20.3 Å². The molecule has 23 heavy (non-hydrogen) atoms. The first-order valence-electron chi connectivity index (χ1n) is 8.06. The Morgan fingerprint density at radius 3 is 2.87 bits per heavy atom. The van der Waals surface area contributed by atoms with Crippen molar-refractivity contribution in [1.82, 2.24) is 15.5 Å². The van der Waals surface area contributed by atoms with E-state index in [2.05, 4.69) is 15.6 Å². The Hall–Kier alpha value is -1.66. The molecule has 0 radical (unpaired) electrons. The average molecular weight is 322 g/mol. The maximum atomic E-state index is 13.8. The second-order valence-electron chi connectivity index (χ2n) is 6.11. The molecule has 0 aromatic heterocycles. The fourth-order valence-corrected chi connectivity index (χ4v) is 2.62. The molecule has 1 aliphatic heterocycles. The molecule has 2 rings (SSSR count). The molecule has 1 aromatic rings. The van der Waals surface area contributed by atoms with Gasteiger partial charge in [-0.15, -0.1) is 0 Å². The summed E-state index contributed by atoms with van der Waals surface area (Å²) in [6, 6.07) is 5.23. The number of ether oxygens (including phenoxy) is 1. The van der Waals surface area contributed by atoms with Crippen molar-refractivity contribution in [2.24, 2.45) is 4.99 Å². The van der Waals surface area contributed by atoms with Crippen molar-refractivity contribution < 1.29 is 9.13 Å². The van der Waals surface area contributed by atoms with Crippen LogP contribution in [0.4, 0.5) is 4.39 Å². The van der Waals surface area contributed by atoms with Gasteiger partial charge in [0.2, 0.25) is 0 Å². The zero-order chi connectivity index (χ0) is 16.7. The maximum Gasteiger partial charge on any atom is 0.191 e. The first-order chi connectivity index (χ1) is 11.1. The Morgan fingerprint density at radius 1 is 1.39 bits per heavy atom. The molecule has 0 bridgehead atoms. The molecule has 1 fully saturated rings. The van der Waals surface area contributed by atoms with Crippen LogP contribution in [0.5, 0.6) is 0 Å². The third-order valence-corrected chi connectivity index (χ3v) is 3.80. The van der Waals surface area contributed by atoms with Gasteiger partial charge in [0.1, 0.15) is 5.82 Å². The topological polar surface area (TPSA) is 48.9 Å². The standard InChI is InChI=1S/C17H27FN4O/c1-19-17(21-11-15-5-4-8-23-15)20-10-13-6-7-16(18)14(9-13)12-22(2)3/h6-7,9,15H,4-5,8,10-12H2,1-3H3,(H2,19,20,21). The molecular formula is C17H27FN4O. The smallest absolute Gasteiger partial charge is 0.191 e. The summed E-state index contributed by atoms with van der Waals surface area (Å²) in [6.45, 7) is 2.80. The van der Waals surface area contributed by atoms with E-state index in [1.807, 2.05) is 25.1 Å². The summed E-state index contributed by atoms with van der Waals surface area (Å²) >= 11 is 0. The number of hydrogen-bond donors (Lipinski definition) is 2. The molecule has 128 valence electrons. The van der Waals surface area contributed by atoms with Gasteiger partial charge in [-0.25, -0.2) is 4.39 Å². The van der Waals surface area contributed by atoms with E-state index in [1.165, 1.54) is 6.07 Å². The quantitative estimate of drug-likeness (QED) is 0.619. The van der Waals surface area contributed by atoms with Crippen LogP contribution >= 0.6 is 0 Å². The van der Waals surface area contributed by atoms with E-state index in [0.717, 1.165) is 37.5 Å². The number of nitrogens with one attached hydrogen (secondary N) is 2. The number of benzene rings is 1. The van der Waals surface area contributed by atoms with Gasteiger partial charge in [-0.3, -0.25) is 4.99 Å². The minimum atomic E-state index is -0.164. The SMILES string of the molecule is CN=C(NCc1ccc(F)c(CN(C)C)c1)NCC1CCCO1. The molecule has 0 aliphatic carbocycles. The predicted octanol–water partition coefficient (Wildman–Crippen LogP) is 1.73. The van der Waals surface area contributed by atoms with Gasteiger partial charge >= 0.3 is 0 Å². The van der Waals surface area contributed by atoms with Crippen LogP contribution in [-0.4, -0.2) is 51.3 Å². The first-order valence-corrected chi connectivity index (χ1v) is 8.06. The maximum absolute atomic E-state index is 13.8. The van der Waals surface area contributed by atoms with Crippen molar-refractivity contribution in [2.45, 2.75) is 32.0 Å². The molecule has 1 aliphatic rings. The Labute approximate surface area is 137 Å². The van der Waals surface area contributed by atoms with Crippen LogP contribution in [0.15, 0.2) is 23.2 Å². The van der Waals surface area contributed by atoms with Crippen LogP contribution in [0.25, 0.3) is 0 Å². The van der Waals surface area contributed by atoms with E-state index in [-0.39, 0.29) is 11.9 Å². The number of rotatable bonds is 6. The molecule has 1 aromatic carbocycles. The van der Waals surface area contributed by atoms with Gasteiger partial charge in [0.15, 0.2) is 5.96 Å². The van der Waals surface area contributed by atoms with Gasteiger partial charge in [-0.2, -0.15) is 0 Å². The molecule has 5 nitrogen and oxygen atoms in total. The zero-order valence-electron chi connectivity index (χ0n) is 14.2. The molecule has 0 spiro atoms. The van der Waals surface area contributed by atoms with Crippen LogP contribution in [0, 0.1) is 5.82 Å². The summed E-state index contributed by atoms with van der Waals surface area (Å²) in [7, 11) is 5.61. The second-order valence-corrected chi connectivity index (χ2v) is 6.11. The van der Waals surface area contributed by atoms with Gasteiger partial charge in [0.05, 0.1) is 6.10 Å². The fourth-order valence-electron chi connectivity index (χ4n) is 2.62. The summed E-state index contributed by atoms with van der Waals surface area (Å²) < 4.78 is 19.4. The van der Waals surface area contributed by atoms with Gasteiger partial charge in [-0.05, 0) is 44.6 Å². The predicted molar refractivity (Wildman–Crippen MR) is 91.0 cm³/mol. The summed E-state index contributed by atoms with van der Waals surface area (Å²) in [5, 5.41) is 6.53. The van der Waals surface area contributed by atoms with Crippen molar-refractivity contribution in [1.29, 1.82) is 0 Å². The molecule has 0 saturated carbocycles. The summed E-state index contributed by atoms with van der Waals surface area (Å²) in [6.07, 6.45) is 2.49. The van der Waals surface area contributed by atoms with E-state index in [4.69, 9.17) is 4.74 Å². The summed E-state index contributed by atoms with van der Waals surface area (Å²) in [5.74, 6) is 0.572. The van der Waals surface area contributed by atoms with Crippen LogP contribution < -0.4 is 10.6 Å². The van der Waals surface area contributed by atoms with Crippen molar-refractivity contribution in [3.8, 4) is 0 Å². The lowest BCUT2D eigenvalue weighted by Crippen LogP contribution is -2.40. The second kappa shape index (κ2) is 8.84. The third-order valence-electron chi connectivity index (χ3n) is 3.80. The molecule has 1 heterocycles. The Bertz CT molecular complexity index is 527. The fraction of sp³-hybridized carbons (Fsp3) is 0.588. The van der Waals surface area contributed by atoms with Crippen molar-refractivity contribution in [2.75, 3.05) is 34.3 Å². The number of aliphatic imine (C=N–C) groups is 1. The Balaban J connectivity index is 1.85. The highest BCUT2D eigenvalue weighted by molar-refractivity contribution is 5.79. The van der Waals surface area contributed by atoms with Gasteiger partial charge in [0, 0.05) is 38.9 Å². The van der Waals surface area contributed by atoms with Crippen molar-refractivity contribution in [3.05, 3.63) is 35.1 Å². The van der Waals surface area contributed by atoms with Crippen molar-refractivity contribution in [3.63, 3.8) is 0 Å². The molecule has 0 amide bonds. The number of hydrogen-bond acceptors (Lipinski definition) is 3. The van der Waals surface area contributed by atoms with Gasteiger partial charge in [-0.1, -0.05) is 6.07 Å². The minimum Gasteiger partial charge on any atom is -0.376 e. The van der Waals surface area contributed by atoms with Crippen LogP contribution in [-0.2, 0) is 17.8 Å². The molecular weight excluding hydrogens is 295 g/mol. The number of nitrogens with zero attached hydrogens (tertiary/aromatic N) is 2. The lowest BCUT2D eigenvalue weighted by molar-refractivity contribution is 0.114. The number of halogens is 1. The van der Waals surface area contributed by atoms with Crippen molar-refractivity contribution >= 4 is 5.96 Å². The van der Waals surface area contributed by atoms with Crippen LogP contribution in [0.3, 0.4) is 0 Å². The minimum absolute atomic E-state index is 0.164. The Kier molecular flexibility index (Phi) is 6.80. The summed E-state index contributed by atoms with van der Waals surface area (Å²) in [4.78, 5) is 6.17.